The van der Waals surface area contributed by atoms with E-state index in [0.717, 1.165) is 6.26 Å². The quantitative estimate of drug-likeness (QED) is 0.879. The van der Waals surface area contributed by atoms with Crippen LogP contribution in [-0.2, 0) is 16.3 Å². The molecule has 2 rings (SSSR count). The summed E-state index contributed by atoms with van der Waals surface area (Å²) in [6.07, 6.45) is 2.30. The van der Waals surface area contributed by atoms with E-state index >= 15 is 0 Å². The lowest BCUT2D eigenvalue weighted by molar-refractivity contribution is 0.0701. The van der Waals surface area contributed by atoms with E-state index in [0.29, 0.717) is 29.7 Å². The van der Waals surface area contributed by atoms with Crippen molar-refractivity contribution in [2.45, 2.75) is 23.5 Å². The third-order valence-electron chi connectivity index (χ3n) is 2.62. The fraction of sp³-hybridized carbons (Fsp3) is 0.400. The van der Waals surface area contributed by atoms with Gasteiger partial charge in [0.2, 0.25) is 0 Å². The summed E-state index contributed by atoms with van der Waals surface area (Å²) in [6, 6.07) is 0. The second kappa shape index (κ2) is 3.92. The minimum atomic E-state index is -3.56. The van der Waals surface area contributed by atoms with Crippen LogP contribution in [0.3, 0.4) is 0 Å². The van der Waals surface area contributed by atoms with Gasteiger partial charge in [0.15, 0.2) is 15.6 Å². The highest BCUT2D eigenvalue weighted by Crippen LogP contribution is 2.37. The van der Waals surface area contributed by atoms with Crippen LogP contribution in [0.2, 0.25) is 0 Å². The molecule has 0 amide bonds. The van der Waals surface area contributed by atoms with E-state index in [1.165, 1.54) is 0 Å². The maximum Gasteiger partial charge on any atom is 0.346 e. The summed E-state index contributed by atoms with van der Waals surface area (Å²) in [5.74, 6) is -1.44. The summed E-state index contributed by atoms with van der Waals surface area (Å²) in [4.78, 5) is 22.7. The van der Waals surface area contributed by atoms with E-state index in [1.54, 1.807) is 0 Å². The van der Waals surface area contributed by atoms with Crippen molar-refractivity contribution in [2.24, 2.45) is 0 Å². The van der Waals surface area contributed by atoms with Gasteiger partial charge in [-0.15, -0.1) is 11.3 Å². The third-order valence-corrected chi connectivity index (χ3v) is 5.67. The molecular weight excluding hydrogens is 264 g/mol. The van der Waals surface area contributed by atoms with Crippen LogP contribution in [0.1, 0.15) is 38.4 Å². The van der Waals surface area contributed by atoms with Crippen LogP contribution in [0.25, 0.3) is 0 Å². The Bertz CT molecular complexity index is 609. The van der Waals surface area contributed by atoms with Gasteiger partial charge in [-0.3, -0.25) is 4.79 Å². The Morgan fingerprint density at radius 2 is 2.00 bits per heavy atom. The van der Waals surface area contributed by atoms with Gasteiger partial charge in [-0.25, -0.2) is 13.2 Å². The first-order chi connectivity index (χ1) is 7.82. The van der Waals surface area contributed by atoms with E-state index < -0.39 is 15.8 Å². The number of rotatable bonds is 2. The summed E-state index contributed by atoms with van der Waals surface area (Å²) in [5, 5.41) is 9.01. The molecule has 1 N–H and O–H groups in total. The number of carboxylic acids is 1. The molecule has 92 valence electrons. The third kappa shape index (κ3) is 2.00. The molecule has 0 saturated carbocycles. The van der Waals surface area contributed by atoms with Crippen molar-refractivity contribution in [3.63, 3.8) is 0 Å². The van der Waals surface area contributed by atoms with Crippen molar-refractivity contribution in [3.8, 4) is 0 Å². The Morgan fingerprint density at radius 1 is 1.35 bits per heavy atom. The Balaban J connectivity index is 2.79. The standard InChI is InChI=1S/C10H10O5S2/c1-17(14,15)10-7-5(3-2-4-6(7)11)8(16-10)9(12)13/h2-4H2,1H3,(H,12,13). The predicted octanol–water partition coefficient (Wildman–Crippen LogP) is 1.37. The van der Waals surface area contributed by atoms with Crippen LogP contribution in [0, 0.1) is 0 Å². The van der Waals surface area contributed by atoms with Crippen LogP contribution in [-0.4, -0.2) is 31.5 Å². The molecule has 1 aromatic heterocycles. The lowest BCUT2D eigenvalue weighted by Crippen LogP contribution is -2.13. The molecule has 0 radical (unpaired) electrons. The summed E-state index contributed by atoms with van der Waals surface area (Å²) in [7, 11) is -3.56. The number of carbonyl (C=O) groups excluding carboxylic acids is 1. The van der Waals surface area contributed by atoms with Gasteiger partial charge in [0.05, 0.1) is 5.56 Å². The van der Waals surface area contributed by atoms with Crippen molar-refractivity contribution < 1.29 is 23.1 Å². The number of Topliss-reactive ketones (excluding diaryl/α,β-unsaturated/α-hetero) is 1. The number of hydrogen-bond acceptors (Lipinski definition) is 5. The number of carbonyl (C=O) groups is 2. The highest BCUT2D eigenvalue weighted by atomic mass is 32.2. The maximum absolute atomic E-state index is 11.7. The summed E-state index contributed by atoms with van der Waals surface area (Å²) < 4.78 is 23.0. The normalized spacial score (nSPS) is 15.7. The number of hydrogen-bond donors (Lipinski definition) is 1. The first-order valence-corrected chi connectivity index (χ1v) is 7.65. The molecule has 0 aliphatic heterocycles. The Kier molecular flexibility index (Phi) is 2.82. The first-order valence-electron chi connectivity index (χ1n) is 4.94. The van der Waals surface area contributed by atoms with Crippen molar-refractivity contribution in [1.29, 1.82) is 0 Å². The predicted molar refractivity (Wildman–Crippen MR) is 61.7 cm³/mol. The fourth-order valence-corrected chi connectivity index (χ4v) is 4.35. The minimum absolute atomic E-state index is 0.0199. The van der Waals surface area contributed by atoms with E-state index in [1.807, 2.05) is 0 Å². The minimum Gasteiger partial charge on any atom is -0.477 e. The fourth-order valence-electron chi connectivity index (χ4n) is 1.95. The largest absolute Gasteiger partial charge is 0.477 e. The van der Waals surface area contributed by atoms with Crippen LogP contribution in [0.4, 0.5) is 0 Å². The number of sulfone groups is 1. The van der Waals surface area contributed by atoms with Gasteiger partial charge >= 0.3 is 5.97 Å². The maximum atomic E-state index is 11.7. The van der Waals surface area contributed by atoms with Gasteiger partial charge < -0.3 is 5.11 Å². The molecule has 0 saturated heterocycles. The molecule has 7 heteroatoms. The van der Waals surface area contributed by atoms with Gasteiger partial charge in [0, 0.05) is 12.7 Å². The molecule has 0 bridgehead atoms. The smallest absolute Gasteiger partial charge is 0.346 e. The van der Waals surface area contributed by atoms with Gasteiger partial charge in [0.25, 0.3) is 0 Å². The summed E-state index contributed by atoms with van der Waals surface area (Å²) >= 11 is 0.686. The lowest BCUT2D eigenvalue weighted by atomic mass is 9.93. The van der Waals surface area contributed by atoms with Gasteiger partial charge in [-0.1, -0.05) is 0 Å². The zero-order valence-corrected chi connectivity index (χ0v) is 10.7. The van der Waals surface area contributed by atoms with Crippen molar-refractivity contribution in [1.82, 2.24) is 0 Å². The molecule has 1 aliphatic rings. The molecule has 0 fully saturated rings. The molecule has 1 aliphatic carbocycles. The second-order valence-corrected chi connectivity index (χ2v) is 7.16. The van der Waals surface area contributed by atoms with Crippen LogP contribution in [0.5, 0.6) is 0 Å². The molecule has 1 heterocycles. The van der Waals surface area contributed by atoms with Gasteiger partial charge in [-0.2, -0.15) is 0 Å². The zero-order valence-electron chi connectivity index (χ0n) is 9.02. The van der Waals surface area contributed by atoms with E-state index in [4.69, 9.17) is 5.11 Å². The highest BCUT2D eigenvalue weighted by molar-refractivity contribution is 7.92. The number of fused-ring (bicyclic) bond motifs is 1. The van der Waals surface area contributed by atoms with E-state index in [2.05, 4.69) is 0 Å². The molecular formula is C10H10O5S2. The lowest BCUT2D eigenvalue weighted by Gasteiger charge is -2.11. The van der Waals surface area contributed by atoms with Gasteiger partial charge in [-0.05, 0) is 18.4 Å². The topological polar surface area (TPSA) is 88.5 Å². The highest BCUT2D eigenvalue weighted by Gasteiger charge is 2.32. The summed E-state index contributed by atoms with van der Waals surface area (Å²) in [6.45, 7) is 0. The van der Waals surface area contributed by atoms with Gasteiger partial charge in [0.1, 0.15) is 9.09 Å². The monoisotopic (exact) mass is 274 g/mol. The number of aromatic carboxylic acids is 1. The molecule has 0 aromatic carbocycles. The Hall–Kier alpha value is -1.21. The average molecular weight is 274 g/mol. The second-order valence-electron chi connectivity index (χ2n) is 3.93. The Labute approximate surface area is 102 Å². The van der Waals surface area contributed by atoms with E-state index in [9.17, 15) is 18.0 Å². The molecule has 1 aromatic rings. The first kappa shape index (κ1) is 12.3. The number of thiophene rings is 1. The molecule has 17 heavy (non-hydrogen) atoms. The van der Waals surface area contributed by atoms with Crippen molar-refractivity contribution >= 4 is 32.9 Å². The number of carboxylic acid groups (broad SMARTS) is 1. The van der Waals surface area contributed by atoms with Crippen molar-refractivity contribution in [2.75, 3.05) is 6.26 Å². The zero-order chi connectivity index (χ0) is 12.8. The molecule has 5 nitrogen and oxygen atoms in total. The SMILES string of the molecule is CS(=O)(=O)c1sc(C(=O)O)c2c1C(=O)CCC2. The Morgan fingerprint density at radius 3 is 2.53 bits per heavy atom. The molecule has 0 atom stereocenters. The average Bonchev–Trinajstić information content (AvgIpc) is 2.57. The van der Waals surface area contributed by atoms with Crippen LogP contribution in [0.15, 0.2) is 4.21 Å². The molecule has 0 spiro atoms. The van der Waals surface area contributed by atoms with Crippen molar-refractivity contribution in [3.05, 3.63) is 16.0 Å². The number of ketones is 1. The molecule has 0 unspecified atom stereocenters. The van der Waals surface area contributed by atoms with Crippen LogP contribution >= 0.6 is 11.3 Å². The van der Waals surface area contributed by atoms with E-state index in [-0.39, 0.29) is 26.9 Å². The summed E-state index contributed by atoms with van der Waals surface area (Å²) in [5.41, 5.74) is 0.500. The van der Waals surface area contributed by atoms with Crippen LogP contribution < -0.4 is 0 Å².